The van der Waals surface area contributed by atoms with E-state index in [2.05, 4.69) is 35.0 Å². The molecule has 0 aliphatic carbocycles. The number of rotatable bonds is 10. The van der Waals surface area contributed by atoms with Crippen LogP contribution in [0.3, 0.4) is 0 Å². The first-order chi connectivity index (χ1) is 22.2. The Kier molecular flexibility index (Phi) is 13.3. The third-order valence-electron chi connectivity index (χ3n) is 6.67. The fourth-order valence-electron chi connectivity index (χ4n) is 4.41. The molecule has 0 bridgehead atoms. The van der Waals surface area contributed by atoms with Crippen LogP contribution >= 0.6 is 0 Å². The van der Waals surface area contributed by atoms with Crippen molar-refractivity contribution < 1.29 is 19.1 Å². The average molecular weight is 645 g/mol. The summed E-state index contributed by atoms with van der Waals surface area (Å²) in [5.74, 6) is 0.215. The standard InChI is InChI=1S/C17H21N5O2.C15H19N5O2.CH4/c1-3-24-17(23)14-11-18-16(13-10-19-21(2)12-13)20-15(14)6-9-22-7-4-5-8-22;1-5-22-15(21)12-9-16-14(11-8-17-20(4)10-11)18-13(12)6-7-19(2)3;/h6,9-12H,3-5,7-8H2,1-2H3;6-10H,5H2,1-4H3;1H4/b9-6+;7-6+;. The number of aryl methyl sites for hydroxylation is 2. The van der Waals surface area contributed by atoms with Crippen LogP contribution in [-0.2, 0) is 23.6 Å². The first kappa shape index (κ1) is 36.1. The van der Waals surface area contributed by atoms with Gasteiger partial charge in [0.25, 0.3) is 0 Å². The summed E-state index contributed by atoms with van der Waals surface area (Å²) in [5.41, 5.74) is 3.39. The normalized spacial score (nSPS) is 12.5. The minimum absolute atomic E-state index is 0. The molecule has 0 spiro atoms. The quantitative estimate of drug-likeness (QED) is 0.226. The number of carbonyl (C=O) groups excluding carboxylic acids is 2. The van der Waals surface area contributed by atoms with Gasteiger partial charge in [-0.2, -0.15) is 10.2 Å². The maximum Gasteiger partial charge on any atom is 0.341 e. The number of aromatic nitrogens is 8. The van der Waals surface area contributed by atoms with Gasteiger partial charge in [0, 0.05) is 78.5 Å². The Hall–Kier alpha value is -5.40. The van der Waals surface area contributed by atoms with Gasteiger partial charge in [0.2, 0.25) is 0 Å². The zero-order valence-electron chi connectivity index (χ0n) is 27.1. The van der Waals surface area contributed by atoms with Gasteiger partial charge in [-0.25, -0.2) is 29.5 Å². The molecule has 1 saturated heterocycles. The van der Waals surface area contributed by atoms with Crippen LogP contribution in [0.2, 0.25) is 0 Å². The van der Waals surface area contributed by atoms with Crippen LogP contribution in [0, 0.1) is 0 Å². The van der Waals surface area contributed by atoms with Crippen LogP contribution in [0.15, 0.2) is 49.6 Å². The van der Waals surface area contributed by atoms with Gasteiger partial charge < -0.3 is 19.3 Å². The van der Waals surface area contributed by atoms with Crippen molar-refractivity contribution >= 4 is 24.1 Å². The zero-order valence-corrected chi connectivity index (χ0v) is 27.1. The Labute approximate surface area is 275 Å². The van der Waals surface area contributed by atoms with Crippen molar-refractivity contribution in [2.75, 3.05) is 40.4 Å². The number of nitrogens with zero attached hydrogens (tertiary/aromatic N) is 10. The van der Waals surface area contributed by atoms with Crippen LogP contribution in [0.5, 0.6) is 0 Å². The highest BCUT2D eigenvalue weighted by Gasteiger charge is 2.17. The molecule has 0 unspecified atom stereocenters. The molecular weight excluding hydrogens is 600 g/mol. The van der Waals surface area contributed by atoms with Gasteiger partial charge in [-0.05, 0) is 38.8 Å². The van der Waals surface area contributed by atoms with Gasteiger partial charge in [0.15, 0.2) is 11.6 Å². The summed E-state index contributed by atoms with van der Waals surface area (Å²) < 4.78 is 13.5. The minimum Gasteiger partial charge on any atom is -0.462 e. The predicted octanol–water partition coefficient (Wildman–Crippen LogP) is 4.34. The van der Waals surface area contributed by atoms with E-state index >= 15 is 0 Å². The molecular formula is C33H44N10O4. The summed E-state index contributed by atoms with van der Waals surface area (Å²) in [6.07, 6.45) is 19.9. The molecule has 1 aliphatic rings. The summed E-state index contributed by atoms with van der Waals surface area (Å²) >= 11 is 0. The van der Waals surface area contributed by atoms with Crippen molar-refractivity contribution in [2.24, 2.45) is 14.1 Å². The van der Waals surface area contributed by atoms with Gasteiger partial charge in [-0.15, -0.1) is 0 Å². The zero-order chi connectivity index (χ0) is 33.1. The van der Waals surface area contributed by atoms with Crippen LogP contribution in [-0.4, -0.2) is 102 Å². The first-order valence-corrected chi connectivity index (χ1v) is 15.0. The molecule has 14 nitrogen and oxygen atoms in total. The second kappa shape index (κ2) is 17.3. The first-order valence-electron chi connectivity index (χ1n) is 15.0. The van der Waals surface area contributed by atoms with E-state index in [1.165, 1.54) is 25.2 Å². The highest BCUT2D eigenvalue weighted by Crippen LogP contribution is 2.19. The number of likely N-dealkylation sites (tertiary alicyclic amines) is 1. The maximum atomic E-state index is 12.1. The molecule has 5 rings (SSSR count). The minimum atomic E-state index is -0.432. The lowest BCUT2D eigenvalue weighted by molar-refractivity contribution is 0.0515. The van der Waals surface area contributed by atoms with Crippen molar-refractivity contribution in [3.8, 4) is 22.8 Å². The summed E-state index contributed by atoms with van der Waals surface area (Å²) in [7, 11) is 7.45. The van der Waals surface area contributed by atoms with Gasteiger partial charge in [0.1, 0.15) is 11.1 Å². The molecule has 0 radical (unpaired) electrons. The maximum absolute atomic E-state index is 12.1. The molecule has 0 saturated carbocycles. The second-order valence-corrected chi connectivity index (χ2v) is 10.6. The fourth-order valence-corrected chi connectivity index (χ4v) is 4.41. The molecule has 1 fully saturated rings. The third kappa shape index (κ3) is 10.0. The van der Waals surface area contributed by atoms with Crippen molar-refractivity contribution in [3.05, 3.63) is 72.1 Å². The summed E-state index contributed by atoms with van der Waals surface area (Å²) in [6.45, 7) is 6.23. The Balaban J connectivity index is 0.000000251. The Morgan fingerprint density at radius 1 is 0.787 bits per heavy atom. The molecule has 4 aromatic rings. The molecule has 47 heavy (non-hydrogen) atoms. The number of carbonyl (C=O) groups is 2. The van der Waals surface area contributed by atoms with Crippen molar-refractivity contribution in [2.45, 2.75) is 34.1 Å². The molecule has 0 N–H and O–H groups in total. The van der Waals surface area contributed by atoms with E-state index in [1.54, 1.807) is 41.7 Å². The van der Waals surface area contributed by atoms with Crippen molar-refractivity contribution in [3.63, 3.8) is 0 Å². The number of esters is 2. The highest BCUT2D eigenvalue weighted by atomic mass is 16.5. The molecule has 0 aromatic carbocycles. The van der Waals surface area contributed by atoms with E-state index in [-0.39, 0.29) is 7.43 Å². The Bertz CT molecular complexity index is 1690. The average Bonchev–Trinajstić information content (AvgIpc) is 3.82. The molecule has 0 atom stereocenters. The van der Waals surface area contributed by atoms with E-state index in [0.29, 0.717) is 47.4 Å². The third-order valence-corrected chi connectivity index (χ3v) is 6.67. The number of hydrogen-bond donors (Lipinski definition) is 0. The SMILES string of the molecule is C.CCOC(=O)c1cnc(-c2cnn(C)c2)nc1/C=C/N(C)C.CCOC(=O)c1cnc(-c2cnn(C)c2)nc1/C=C/N1CCCC1. The lowest BCUT2D eigenvalue weighted by atomic mass is 10.2. The lowest BCUT2D eigenvalue weighted by Crippen LogP contribution is -2.12. The molecule has 250 valence electrons. The van der Waals surface area contributed by atoms with Gasteiger partial charge >= 0.3 is 11.9 Å². The number of ether oxygens (including phenoxy) is 2. The molecule has 14 heteroatoms. The Morgan fingerprint density at radius 2 is 1.26 bits per heavy atom. The second-order valence-electron chi connectivity index (χ2n) is 10.6. The monoisotopic (exact) mass is 644 g/mol. The van der Waals surface area contributed by atoms with Crippen LogP contribution < -0.4 is 0 Å². The Morgan fingerprint density at radius 3 is 1.66 bits per heavy atom. The highest BCUT2D eigenvalue weighted by molar-refractivity contribution is 5.93. The van der Waals surface area contributed by atoms with E-state index < -0.39 is 11.9 Å². The van der Waals surface area contributed by atoms with Gasteiger partial charge in [-0.3, -0.25) is 9.36 Å². The lowest BCUT2D eigenvalue weighted by Gasteiger charge is -2.11. The number of hydrogen-bond acceptors (Lipinski definition) is 12. The van der Waals surface area contributed by atoms with Crippen molar-refractivity contribution in [1.29, 1.82) is 0 Å². The fraction of sp³-hybridized carbons (Fsp3) is 0.394. The topological polar surface area (TPSA) is 146 Å². The molecule has 0 amide bonds. The predicted molar refractivity (Wildman–Crippen MR) is 180 cm³/mol. The van der Waals surface area contributed by atoms with Gasteiger partial charge in [-0.1, -0.05) is 7.43 Å². The van der Waals surface area contributed by atoms with Crippen LogP contribution in [0.25, 0.3) is 34.9 Å². The molecule has 5 heterocycles. The van der Waals surface area contributed by atoms with Crippen LogP contribution in [0.1, 0.15) is 66.2 Å². The summed E-state index contributed by atoms with van der Waals surface area (Å²) in [5, 5.41) is 8.24. The van der Waals surface area contributed by atoms with E-state index in [9.17, 15) is 9.59 Å². The summed E-state index contributed by atoms with van der Waals surface area (Å²) in [6, 6.07) is 0. The molecule has 1 aliphatic heterocycles. The van der Waals surface area contributed by atoms with E-state index in [4.69, 9.17) is 9.47 Å². The van der Waals surface area contributed by atoms with Crippen LogP contribution in [0.4, 0.5) is 0 Å². The van der Waals surface area contributed by atoms with E-state index in [1.807, 2.05) is 64.0 Å². The smallest absolute Gasteiger partial charge is 0.341 e. The summed E-state index contributed by atoms with van der Waals surface area (Å²) in [4.78, 5) is 45.8. The van der Waals surface area contributed by atoms with E-state index in [0.717, 1.165) is 24.2 Å². The van der Waals surface area contributed by atoms with Crippen molar-refractivity contribution in [1.82, 2.24) is 49.3 Å². The largest absolute Gasteiger partial charge is 0.462 e. The van der Waals surface area contributed by atoms with Gasteiger partial charge in [0.05, 0.1) is 48.1 Å². The molecule has 4 aromatic heterocycles.